The van der Waals surface area contributed by atoms with E-state index in [2.05, 4.69) is 9.47 Å². The maximum Gasteiger partial charge on any atom is 0.341 e. The standard InChI is InChI=1S/C10H10O5.K/c1-14-9(12)6-3-4-7(8(11)5-6)10(13)15-2;/h3-5,11H,1-2H3;. The molecular formula is C10H10KO5. The molecule has 0 fully saturated rings. The Morgan fingerprint density at radius 1 is 1.12 bits per heavy atom. The van der Waals surface area contributed by atoms with E-state index in [1.54, 1.807) is 0 Å². The molecule has 0 aliphatic rings. The number of phenols is 1. The van der Waals surface area contributed by atoms with Gasteiger partial charge in [0.2, 0.25) is 0 Å². The second-order valence-corrected chi connectivity index (χ2v) is 2.72. The zero-order chi connectivity index (χ0) is 11.4. The second-order valence-electron chi connectivity index (χ2n) is 2.72. The van der Waals surface area contributed by atoms with Gasteiger partial charge in [0, 0.05) is 51.4 Å². The molecule has 16 heavy (non-hydrogen) atoms. The molecule has 0 atom stereocenters. The minimum absolute atomic E-state index is 0. The molecule has 0 heterocycles. The summed E-state index contributed by atoms with van der Waals surface area (Å²) in [6.45, 7) is 0. The van der Waals surface area contributed by atoms with Crippen LogP contribution < -0.4 is 0 Å². The molecule has 1 rings (SSSR count). The van der Waals surface area contributed by atoms with E-state index in [1.165, 1.54) is 26.4 Å². The molecule has 1 N–H and O–H groups in total. The Kier molecular flexibility index (Phi) is 6.85. The van der Waals surface area contributed by atoms with Crippen molar-refractivity contribution in [1.82, 2.24) is 0 Å². The third-order valence-electron chi connectivity index (χ3n) is 1.82. The van der Waals surface area contributed by atoms with Crippen LogP contribution in [0.5, 0.6) is 5.75 Å². The van der Waals surface area contributed by atoms with Crippen molar-refractivity contribution in [2.75, 3.05) is 14.2 Å². The largest absolute Gasteiger partial charge is 0.507 e. The Bertz CT molecular complexity index is 402. The summed E-state index contributed by atoms with van der Waals surface area (Å²) < 4.78 is 8.88. The molecule has 0 aliphatic carbocycles. The number of esters is 2. The van der Waals surface area contributed by atoms with Crippen molar-refractivity contribution < 1.29 is 24.2 Å². The van der Waals surface area contributed by atoms with Gasteiger partial charge in [0.05, 0.1) is 19.8 Å². The van der Waals surface area contributed by atoms with Crippen molar-refractivity contribution in [3.8, 4) is 5.75 Å². The first-order valence-corrected chi connectivity index (χ1v) is 4.09. The summed E-state index contributed by atoms with van der Waals surface area (Å²) in [6, 6.07) is 3.82. The van der Waals surface area contributed by atoms with Crippen molar-refractivity contribution in [2.24, 2.45) is 0 Å². The molecule has 1 aromatic rings. The van der Waals surface area contributed by atoms with E-state index in [9.17, 15) is 14.7 Å². The van der Waals surface area contributed by atoms with E-state index in [0.717, 1.165) is 6.07 Å². The zero-order valence-corrected chi connectivity index (χ0v) is 12.4. The summed E-state index contributed by atoms with van der Waals surface area (Å²) >= 11 is 0. The van der Waals surface area contributed by atoms with Gasteiger partial charge >= 0.3 is 11.9 Å². The van der Waals surface area contributed by atoms with Crippen molar-refractivity contribution in [3.05, 3.63) is 29.3 Å². The van der Waals surface area contributed by atoms with E-state index >= 15 is 0 Å². The molecule has 1 aromatic carbocycles. The average Bonchev–Trinajstić information content (AvgIpc) is 2.26. The predicted octanol–water partition coefficient (Wildman–Crippen LogP) is 0.585. The van der Waals surface area contributed by atoms with Gasteiger partial charge < -0.3 is 14.6 Å². The van der Waals surface area contributed by atoms with Crippen LogP contribution in [0.4, 0.5) is 0 Å². The Balaban J connectivity index is 0.00000225. The van der Waals surface area contributed by atoms with Crippen LogP contribution in [0.25, 0.3) is 0 Å². The van der Waals surface area contributed by atoms with Crippen LogP contribution in [-0.4, -0.2) is 82.6 Å². The van der Waals surface area contributed by atoms with Crippen LogP contribution >= 0.6 is 0 Å². The number of hydrogen-bond donors (Lipinski definition) is 1. The van der Waals surface area contributed by atoms with Gasteiger partial charge in [0.1, 0.15) is 11.3 Å². The molecule has 0 spiro atoms. The summed E-state index contributed by atoms with van der Waals surface area (Å²) in [5.74, 6) is -1.56. The number of phenolic OH excluding ortho intramolecular Hbond substituents is 1. The molecule has 81 valence electrons. The fraction of sp³-hybridized carbons (Fsp3) is 0.200. The molecule has 0 bridgehead atoms. The number of carbonyl (C=O) groups excluding carboxylic acids is 2. The van der Waals surface area contributed by atoms with Crippen molar-refractivity contribution in [1.29, 1.82) is 0 Å². The topological polar surface area (TPSA) is 72.8 Å². The van der Waals surface area contributed by atoms with E-state index in [1.807, 2.05) is 0 Å². The van der Waals surface area contributed by atoms with Crippen LogP contribution in [0, 0.1) is 0 Å². The van der Waals surface area contributed by atoms with Crippen LogP contribution in [0.2, 0.25) is 0 Å². The Labute approximate surface area is 135 Å². The first kappa shape index (κ1) is 15.6. The van der Waals surface area contributed by atoms with E-state index < -0.39 is 11.9 Å². The fourth-order valence-electron chi connectivity index (χ4n) is 1.06. The monoisotopic (exact) mass is 249 g/mol. The number of aromatic hydroxyl groups is 1. The van der Waals surface area contributed by atoms with Gasteiger partial charge in [-0.3, -0.25) is 0 Å². The van der Waals surface area contributed by atoms with E-state index in [0.29, 0.717) is 0 Å². The third kappa shape index (κ3) is 3.57. The molecule has 0 amide bonds. The fourth-order valence-corrected chi connectivity index (χ4v) is 1.06. The summed E-state index contributed by atoms with van der Waals surface area (Å²) in [7, 11) is 2.43. The van der Waals surface area contributed by atoms with Gasteiger partial charge in [0.15, 0.2) is 0 Å². The summed E-state index contributed by atoms with van der Waals surface area (Å²) in [5.41, 5.74) is 0.174. The van der Waals surface area contributed by atoms with Crippen LogP contribution in [0.1, 0.15) is 20.7 Å². The average molecular weight is 249 g/mol. The van der Waals surface area contributed by atoms with Crippen LogP contribution in [-0.2, 0) is 9.47 Å². The Morgan fingerprint density at radius 3 is 2.12 bits per heavy atom. The molecular weight excluding hydrogens is 239 g/mol. The number of methoxy groups -OCH3 is 2. The smallest absolute Gasteiger partial charge is 0.341 e. The molecule has 6 heteroatoms. The number of carbonyl (C=O) groups is 2. The quantitative estimate of drug-likeness (QED) is 0.613. The molecule has 0 saturated carbocycles. The van der Waals surface area contributed by atoms with Crippen molar-refractivity contribution >= 4 is 63.3 Å². The summed E-state index contributed by atoms with van der Waals surface area (Å²) in [5, 5.41) is 9.43. The maximum atomic E-state index is 11.1. The first-order valence-electron chi connectivity index (χ1n) is 4.09. The summed E-state index contributed by atoms with van der Waals surface area (Å²) in [6.07, 6.45) is 0. The number of benzene rings is 1. The second kappa shape index (κ2) is 7.03. The molecule has 5 nitrogen and oxygen atoms in total. The molecule has 0 aliphatic heterocycles. The zero-order valence-electron chi connectivity index (χ0n) is 9.31. The number of hydrogen-bond acceptors (Lipinski definition) is 5. The van der Waals surface area contributed by atoms with E-state index in [-0.39, 0.29) is 68.3 Å². The van der Waals surface area contributed by atoms with Crippen LogP contribution in [0.15, 0.2) is 18.2 Å². The minimum Gasteiger partial charge on any atom is -0.507 e. The molecule has 0 aromatic heterocycles. The Hall–Kier alpha value is -0.404. The van der Waals surface area contributed by atoms with Gasteiger partial charge in [-0.15, -0.1) is 0 Å². The maximum absolute atomic E-state index is 11.1. The minimum atomic E-state index is -0.663. The van der Waals surface area contributed by atoms with Crippen molar-refractivity contribution in [2.45, 2.75) is 0 Å². The van der Waals surface area contributed by atoms with Gasteiger partial charge in [-0.05, 0) is 18.2 Å². The van der Waals surface area contributed by atoms with Crippen molar-refractivity contribution in [3.63, 3.8) is 0 Å². The van der Waals surface area contributed by atoms with Gasteiger partial charge in [-0.1, -0.05) is 0 Å². The van der Waals surface area contributed by atoms with Gasteiger partial charge in [-0.25, -0.2) is 9.59 Å². The van der Waals surface area contributed by atoms with Crippen LogP contribution in [0.3, 0.4) is 0 Å². The third-order valence-corrected chi connectivity index (χ3v) is 1.82. The van der Waals surface area contributed by atoms with Gasteiger partial charge in [-0.2, -0.15) is 0 Å². The predicted molar refractivity (Wildman–Crippen MR) is 56.5 cm³/mol. The first-order chi connectivity index (χ1) is 7.10. The van der Waals surface area contributed by atoms with E-state index in [4.69, 9.17) is 0 Å². The SMILES string of the molecule is COC(=O)c1ccc(C(=O)OC)c(O)c1.[K]. The molecule has 0 saturated heterocycles. The number of rotatable bonds is 2. The normalized spacial score (nSPS) is 8.88. The molecule has 0 unspecified atom stereocenters. The molecule has 1 radical (unpaired) electrons. The number of ether oxygens (including phenoxy) is 2. The Morgan fingerprint density at radius 2 is 1.69 bits per heavy atom. The van der Waals surface area contributed by atoms with Gasteiger partial charge in [0.25, 0.3) is 0 Å². The summed E-state index contributed by atoms with van der Waals surface area (Å²) in [4.78, 5) is 22.2.